The van der Waals surface area contributed by atoms with Crippen molar-refractivity contribution in [3.05, 3.63) is 64.5 Å². The fraction of sp³-hybridized carbons (Fsp3) is 0.429. The maximum absolute atomic E-state index is 12.5. The van der Waals surface area contributed by atoms with Crippen LogP contribution in [0.25, 0.3) is 0 Å². The number of hydrogen-bond donors (Lipinski definition) is 3. The molecule has 150 valence electrons. The summed E-state index contributed by atoms with van der Waals surface area (Å²) in [7, 11) is -2.49. The second-order valence-electron chi connectivity index (χ2n) is 7.58. The van der Waals surface area contributed by atoms with Crippen LogP contribution in [-0.4, -0.2) is 25.9 Å². The van der Waals surface area contributed by atoms with Gasteiger partial charge >= 0.3 is 0 Å². The number of benzene rings is 1. The van der Waals surface area contributed by atoms with Gasteiger partial charge in [0.1, 0.15) is 10.7 Å². The van der Waals surface area contributed by atoms with Gasteiger partial charge in [0.05, 0.1) is 22.5 Å². The molecule has 1 amide bonds. The molecular formula is C21H27N3O3S. The highest BCUT2D eigenvalue weighted by molar-refractivity contribution is 7.72. The Kier molecular flexibility index (Phi) is 6.46. The first-order valence-corrected chi connectivity index (χ1v) is 10.8. The number of carbonyl (C=O) groups excluding carboxylic acids is 1. The van der Waals surface area contributed by atoms with Gasteiger partial charge in [-0.05, 0) is 48.6 Å². The highest BCUT2D eigenvalue weighted by Gasteiger charge is 2.24. The van der Waals surface area contributed by atoms with E-state index in [1.165, 1.54) is 0 Å². The molecule has 28 heavy (non-hydrogen) atoms. The Morgan fingerprint density at radius 3 is 2.61 bits per heavy atom. The van der Waals surface area contributed by atoms with Crippen molar-refractivity contribution in [3.63, 3.8) is 0 Å². The lowest BCUT2D eigenvalue weighted by atomic mass is 9.91. The van der Waals surface area contributed by atoms with Crippen molar-refractivity contribution >= 4 is 16.6 Å². The van der Waals surface area contributed by atoms with Crippen molar-refractivity contribution in [3.8, 4) is 0 Å². The number of nitrogens with one attached hydrogen (secondary N) is 2. The third kappa shape index (κ3) is 4.59. The standard InChI is InChI=1S/C21H27N3O3S/c1-13(2)19-20-17(8-9-22-19)10-18(12-23-20)21(25)24-11-15-4-6-16(7-5-15)14(3)28(26)27/h4-7,10,12-14,19,22,28H,8-9,11H2,1-3H3,(H,24,25)/t14?,19-/m1/s1. The van der Waals surface area contributed by atoms with E-state index in [1.807, 2.05) is 18.2 Å². The van der Waals surface area contributed by atoms with E-state index in [9.17, 15) is 13.2 Å². The van der Waals surface area contributed by atoms with E-state index in [4.69, 9.17) is 0 Å². The minimum absolute atomic E-state index is 0.157. The predicted molar refractivity (Wildman–Crippen MR) is 110 cm³/mol. The lowest BCUT2D eigenvalue weighted by Crippen LogP contribution is -2.34. The van der Waals surface area contributed by atoms with Gasteiger partial charge in [-0.15, -0.1) is 0 Å². The fourth-order valence-electron chi connectivity index (χ4n) is 3.46. The van der Waals surface area contributed by atoms with Gasteiger partial charge in [-0.1, -0.05) is 38.1 Å². The minimum Gasteiger partial charge on any atom is -0.348 e. The lowest BCUT2D eigenvalue weighted by molar-refractivity contribution is 0.0950. The van der Waals surface area contributed by atoms with Gasteiger partial charge in [0, 0.05) is 12.7 Å². The van der Waals surface area contributed by atoms with Crippen LogP contribution in [0.1, 0.15) is 64.8 Å². The van der Waals surface area contributed by atoms with Crippen molar-refractivity contribution in [2.75, 3.05) is 6.54 Å². The van der Waals surface area contributed by atoms with E-state index >= 15 is 0 Å². The number of rotatable bonds is 6. The van der Waals surface area contributed by atoms with Crippen LogP contribution in [0.2, 0.25) is 0 Å². The zero-order chi connectivity index (χ0) is 20.3. The van der Waals surface area contributed by atoms with Gasteiger partial charge in [-0.3, -0.25) is 9.78 Å². The molecule has 6 nitrogen and oxygen atoms in total. The molecule has 0 aliphatic carbocycles. The number of carbonyl (C=O) groups is 1. The van der Waals surface area contributed by atoms with Crippen LogP contribution in [0.3, 0.4) is 0 Å². The molecule has 2 aromatic rings. The average Bonchev–Trinajstić information content (AvgIpc) is 2.70. The van der Waals surface area contributed by atoms with Crippen molar-refractivity contribution < 1.29 is 13.2 Å². The van der Waals surface area contributed by atoms with E-state index in [0.29, 0.717) is 18.0 Å². The molecule has 7 heteroatoms. The molecule has 2 atom stereocenters. The molecule has 2 N–H and O–H groups in total. The summed E-state index contributed by atoms with van der Waals surface area (Å²) in [4.78, 5) is 17.1. The second-order valence-corrected chi connectivity index (χ2v) is 8.93. The smallest absolute Gasteiger partial charge is 0.253 e. The first kappa shape index (κ1) is 20.5. The molecule has 1 aliphatic heterocycles. The van der Waals surface area contributed by atoms with Gasteiger partial charge in [0.2, 0.25) is 0 Å². The summed E-state index contributed by atoms with van der Waals surface area (Å²) in [5.41, 5.74) is 4.41. The molecule has 0 radical (unpaired) electrons. The fourth-order valence-corrected chi connectivity index (χ4v) is 3.87. The van der Waals surface area contributed by atoms with Gasteiger partial charge in [0.15, 0.2) is 0 Å². The predicted octanol–water partition coefficient (Wildman–Crippen LogP) is 2.53. The number of nitrogens with zero attached hydrogens (tertiary/aromatic N) is 1. The molecule has 2 heterocycles. The minimum atomic E-state index is -2.49. The Morgan fingerprint density at radius 2 is 1.96 bits per heavy atom. The largest absolute Gasteiger partial charge is 0.348 e. The molecule has 1 aliphatic rings. The molecule has 1 aromatic heterocycles. The molecule has 0 spiro atoms. The number of hydrogen-bond acceptors (Lipinski definition) is 5. The molecule has 0 fully saturated rings. The zero-order valence-corrected chi connectivity index (χ0v) is 17.3. The van der Waals surface area contributed by atoms with Crippen LogP contribution in [0.15, 0.2) is 36.5 Å². The summed E-state index contributed by atoms with van der Waals surface area (Å²) in [6.45, 7) is 7.25. The number of amides is 1. The molecule has 0 saturated carbocycles. The highest BCUT2D eigenvalue weighted by Crippen LogP contribution is 2.27. The number of thiol groups is 1. The third-order valence-electron chi connectivity index (χ3n) is 5.21. The topological polar surface area (TPSA) is 88.2 Å². The molecule has 1 unspecified atom stereocenters. The third-order valence-corrected chi connectivity index (χ3v) is 6.15. The summed E-state index contributed by atoms with van der Waals surface area (Å²) in [5, 5.41) is 5.89. The summed E-state index contributed by atoms with van der Waals surface area (Å²) < 4.78 is 22.2. The Hall–Kier alpha value is -2.25. The Balaban J connectivity index is 1.65. The summed E-state index contributed by atoms with van der Waals surface area (Å²) in [5.74, 6) is 0.284. The quantitative estimate of drug-likeness (QED) is 0.648. The van der Waals surface area contributed by atoms with E-state index < -0.39 is 16.0 Å². The molecule has 0 bridgehead atoms. The lowest BCUT2D eigenvalue weighted by Gasteiger charge is -2.29. The zero-order valence-electron chi connectivity index (χ0n) is 16.4. The van der Waals surface area contributed by atoms with Crippen LogP contribution >= 0.6 is 0 Å². The van der Waals surface area contributed by atoms with E-state index in [2.05, 4.69) is 29.5 Å². The SMILES string of the molecule is CC(C)[C@H]1NCCc2cc(C(=O)NCc3ccc(C(C)[SH](=O)=O)cc3)cnc21. The first-order chi connectivity index (χ1) is 13.4. The van der Waals surface area contributed by atoms with Crippen LogP contribution in [0.5, 0.6) is 0 Å². The van der Waals surface area contributed by atoms with Crippen molar-refractivity contribution in [1.29, 1.82) is 0 Å². The number of aromatic nitrogens is 1. The van der Waals surface area contributed by atoms with Crippen molar-refractivity contribution in [2.45, 2.75) is 45.0 Å². The van der Waals surface area contributed by atoms with E-state index in [-0.39, 0.29) is 11.9 Å². The second kappa shape index (κ2) is 8.84. The summed E-state index contributed by atoms with van der Waals surface area (Å²) in [6, 6.07) is 9.44. The average molecular weight is 402 g/mol. The Bertz CT molecular complexity index is 915. The molecule has 1 aromatic carbocycles. The van der Waals surface area contributed by atoms with Crippen molar-refractivity contribution in [2.24, 2.45) is 5.92 Å². The van der Waals surface area contributed by atoms with Gasteiger partial charge in [-0.2, -0.15) is 0 Å². The number of fused-ring (bicyclic) bond motifs is 1. The normalized spacial score (nSPS) is 17.4. The molecular weight excluding hydrogens is 374 g/mol. The van der Waals surface area contributed by atoms with Crippen LogP contribution in [0.4, 0.5) is 0 Å². The number of pyridine rings is 1. The molecule has 0 saturated heterocycles. The van der Waals surface area contributed by atoms with Crippen molar-refractivity contribution in [1.82, 2.24) is 15.6 Å². The van der Waals surface area contributed by atoms with Gasteiger partial charge in [0.25, 0.3) is 5.91 Å². The van der Waals surface area contributed by atoms with Crippen LogP contribution in [0, 0.1) is 5.92 Å². The van der Waals surface area contributed by atoms with Gasteiger partial charge in [-0.25, -0.2) is 8.42 Å². The maximum atomic E-state index is 12.5. The monoisotopic (exact) mass is 401 g/mol. The summed E-state index contributed by atoms with van der Waals surface area (Å²) in [6.07, 6.45) is 2.51. The Morgan fingerprint density at radius 1 is 1.25 bits per heavy atom. The first-order valence-electron chi connectivity index (χ1n) is 9.59. The Labute approximate surface area is 167 Å². The van der Waals surface area contributed by atoms with Crippen LogP contribution < -0.4 is 10.6 Å². The van der Waals surface area contributed by atoms with E-state index in [0.717, 1.165) is 35.3 Å². The van der Waals surface area contributed by atoms with Crippen LogP contribution in [-0.2, 0) is 23.7 Å². The summed E-state index contributed by atoms with van der Waals surface area (Å²) >= 11 is 0. The highest BCUT2D eigenvalue weighted by atomic mass is 32.2. The van der Waals surface area contributed by atoms with Gasteiger partial charge < -0.3 is 10.6 Å². The van der Waals surface area contributed by atoms with E-state index in [1.54, 1.807) is 25.3 Å². The maximum Gasteiger partial charge on any atom is 0.253 e. The molecule has 3 rings (SSSR count).